The van der Waals surface area contributed by atoms with Crippen LogP contribution in [-0.2, 0) is 0 Å². The van der Waals surface area contributed by atoms with Gasteiger partial charge in [0.15, 0.2) is 0 Å². The summed E-state index contributed by atoms with van der Waals surface area (Å²) in [5.74, 6) is 0.853. The predicted molar refractivity (Wildman–Crippen MR) is 147 cm³/mol. The average Bonchev–Trinajstić information content (AvgIpc) is 3.49. The van der Waals surface area contributed by atoms with Gasteiger partial charge < -0.3 is 10.8 Å². The van der Waals surface area contributed by atoms with Crippen LogP contribution in [0, 0.1) is 0 Å². The van der Waals surface area contributed by atoms with E-state index in [0.29, 0.717) is 0 Å². The molecule has 0 fully saturated rings. The third-order valence-electron chi connectivity index (χ3n) is 4.39. The van der Waals surface area contributed by atoms with E-state index in [4.69, 9.17) is 15.8 Å². The van der Waals surface area contributed by atoms with Crippen LogP contribution in [0.1, 0.15) is 34.1 Å². The normalized spacial score (nSPS) is 10.5. The summed E-state index contributed by atoms with van der Waals surface area (Å²) in [5.41, 5.74) is 10.6. The number of thioether (sulfide) groups is 1. The monoisotopic (exact) mass is 484 g/mol. The Morgan fingerprint density at radius 1 is 1.06 bits per heavy atom. The number of anilines is 1. The molecular formula is C26H32N2OS3. The highest BCUT2D eigenvalue weighted by Gasteiger charge is 2.18. The van der Waals surface area contributed by atoms with Crippen molar-refractivity contribution in [2.75, 3.05) is 18.1 Å². The number of aromatic nitrogens is 1. The van der Waals surface area contributed by atoms with Crippen molar-refractivity contribution in [3.8, 4) is 21.7 Å². The largest absolute Gasteiger partial charge is 0.397 e. The Hall–Kier alpha value is -2.12. The van der Waals surface area contributed by atoms with E-state index in [2.05, 4.69) is 29.6 Å². The molecule has 4 rings (SSSR count). The SMILES string of the molecule is C/C=C\C.CC.Nc1c(SCCCO)sc2nc(-c3cccs3)cc(-c3ccccc3)c12. The van der Waals surface area contributed by atoms with Crippen molar-refractivity contribution in [1.82, 2.24) is 4.98 Å². The number of nitrogens with two attached hydrogens (primary N) is 1. The van der Waals surface area contributed by atoms with Crippen molar-refractivity contribution in [2.45, 2.75) is 38.3 Å². The Bertz CT molecular complexity index is 1080. The Labute approximate surface area is 204 Å². The summed E-state index contributed by atoms with van der Waals surface area (Å²) in [4.78, 5) is 7.03. The lowest BCUT2D eigenvalue weighted by Crippen LogP contribution is -1.91. The molecule has 0 unspecified atom stereocenters. The molecule has 3 aromatic heterocycles. The van der Waals surface area contributed by atoms with E-state index in [1.54, 1.807) is 34.4 Å². The maximum Gasteiger partial charge on any atom is 0.127 e. The molecule has 0 aliphatic rings. The molecule has 0 saturated carbocycles. The molecule has 1 aromatic carbocycles. The fraction of sp³-hybridized carbons (Fsp3) is 0.269. The van der Waals surface area contributed by atoms with Crippen LogP contribution in [0.5, 0.6) is 0 Å². The molecule has 0 aliphatic carbocycles. The van der Waals surface area contributed by atoms with E-state index in [1.807, 2.05) is 64.1 Å². The number of nitrogen functional groups attached to an aromatic ring is 1. The molecule has 170 valence electrons. The molecule has 0 amide bonds. The van der Waals surface area contributed by atoms with Gasteiger partial charge in [0, 0.05) is 17.7 Å². The molecule has 0 radical (unpaired) electrons. The Balaban J connectivity index is 0.000000547. The van der Waals surface area contributed by atoms with Crippen LogP contribution in [-0.4, -0.2) is 22.5 Å². The van der Waals surface area contributed by atoms with Gasteiger partial charge in [-0.3, -0.25) is 0 Å². The first kappa shape index (κ1) is 26.1. The number of rotatable bonds is 6. The average molecular weight is 485 g/mol. The second-order valence-electron chi connectivity index (χ2n) is 6.47. The summed E-state index contributed by atoms with van der Waals surface area (Å²) in [5, 5.41) is 12.1. The van der Waals surface area contributed by atoms with Gasteiger partial charge in [-0.15, -0.1) is 34.4 Å². The van der Waals surface area contributed by atoms with Crippen LogP contribution in [0.3, 0.4) is 0 Å². The van der Waals surface area contributed by atoms with Gasteiger partial charge in [-0.25, -0.2) is 4.98 Å². The summed E-state index contributed by atoms with van der Waals surface area (Å²) in [6.07, 6.45) is 4.76. The molecule has 0 saturated heterocycles. The molecule has 0 atom stereocenters. The van der Waals surface area contributed by atoms with Crippen LogP contribution in [0.2, 0.25) is 0 Å². The summed E-state index contributed by atoms with van der Waals surface area (Å²) in [7, 11) is 0. The Kier molecular flexibility index (Phi) is 11.5. The number of aliphatic hydroxyl groups excluding tert-OH is 1. The highest BCUT2D eigenvalue weighted by atomic mass is 32.2. The highest BCUT2D eigenvalue weighted by Crippen LogP contribution is 2.45. The lowest BCUT2D eigenvalue weighted by Gasteiger charge is -2.07. The number of aliphatic hydroxyl groups is 1. The van der Waals surface area contributed by atoms with Gasteiger partial charge in [0.25, 0.3) is 0 Å². The van der Waals surface area contributed by atoms with E-state index >= 15 is 0 Å². The molecule has 0 aliphatic heterocycles. The summed E-state index contributed by atoms with van der Waals surface area (Å²) in [6.45, 7) is 8.20. The molecule has 0 spiro atoms. The Morgan fingerprint density at radius 3 is 2.38 bits per heavy atom. The first-order valence-electron chi connectivity index (χ1n) is 10.8. The van der Waals surface area contributed by atoms with Crippen molar-refractivity contribution in [1.29, 1.82) is 0 Å². The summed E-state index contributed by atoms with van der Waals surface area (Å²) in [6, 6.07) is 16.6. The predicted octanol–water partition coefficient (Wildman–Crippen LogP) is 8.36. The zero-order chi connectivity index (χ0) is 23.3. The lowest BCUT2D eigenvalue weighted by atomic mass is 10.0. The first-order chi connectivity index (χ1) is 15.7. The van der Waals surface area contributed by atoms with E-state index in [9.17, 15) is 0 Å². The van der Waals surface area contributed by atoms with Gasteiger partial charge in [0.05, 0.1) is 20.5 Å². The number of nitrogens with zero attached hydrogens (tertiary/aromatic N) is 1. The van der Waals surface area contributed by atoms with Gasteiger partial charge in [0.1, 0.15) is 4.83 Å². The topological polar surface area (TPSA) is 59.1 Å². The summed E-state index contributed by atoms with van der Waals surface area (Å²) >= 11 is 5.04. The molecular weight excluding hydrogens is 453 g/mol. The van der Waals surface area contributed by atoms with Crippen LogP contribution in [0.25, 0.3) is 31.9 Å². The molecule has 0 bridgehead atoms. The van der Waals surface area contributed by atoms with Crippen LogP contribution >= 0.6 is 34.4 Å². The fourth-order valence-electron chi connectivity index (χ4n) is 2.83. The van der Waals surface area contributed by atoms with Crippen molar-refractivity contribution in [3.05, 3.63) is 66.1 Å². The number of benzene rings is 1. The quantitative estimate of drug-likeness (QED) is 0.164. The fourth-order valence-corrected chi connectivity index (χ4v) is 5.81. The van der Waals surface area contributed by atoms with Crippen molar-refractivity contribution in [3.63, 3.8) is 0 Å². The minimum Gasteiger partial charge on any atom is -0.397 e. The number of thiophene rings is 2. The van der Waals surface area contributed by atoms with Gasteiger partial charge in [0.2, 0.25) is 0 Å². The number of pyridine rings is 1. The zero-order valence-corrected chi connectivity index (χ0v) is 21.6. The van der Waals surface area contributed by atoms with Crippen molar-refractivity contribution in [2.24, 2.45) is 0 Å². The standard InChI is InChI=1S/C20H18N2OS3.C4H8.C2H6/c21-18-17-14(13-6-2-1-3-7-13)12-15(16-8-4-10-24-16)22-19(17)26-20(18)25-11-5-9-23;1-3-4-2;1-2/h1-4,6-8,10,12,23H,5,9,11,21H2;3-4H,1-2H3;1-2H3/b;4-3-;. The Morgan fingerprint density at radius 2 is 1.78 bits per heavy atom. The lowest BCUT2D eigenvalue weighted by molar-refractivity contribution is 0.296. The van der Waals surface area contributed by atoms with E-state index in [0.717, 1.165) is 54.0 Å². The first-order valence-corrected chi connectivity index (χ1v) is 13.5. The van der Waals surface area contributed by atoms with Crippen molar-refractivity contribution < 1.29 is 5.11 Å². The minimum absolute atomic E-state index is 0.202. The maximum atomic E-state index is 9.04. The van der Waals surface area contributed by atoms with E-state index in [1.165, 1.54) is 0 Å². The molecule has 6 heteroatoms. The van der Waals surface area contributed by atoms with Gasteiger partial charge in [-0.1, -0.05) is 62.4 Å². The summed E-state index contributed by atoms with van der Waals surface area (Å²) < 4.78 is 1.08. The maximum absolute atomic E-state index is 9.04. The van der Waals surface area contributed by atoms with Crippen LogP contribution in [0.4, 0.5) is 5.69 Å². The van der Waals surface area contributed by atoms with Crippen molar-refractivity contribution >= 4 is 50.3 Å². The number of allylic oxidation sites excluding steroid dienone is 2. The highest BCUT2D eigenvalue weighted by molar-refractivity contribution is 8.01. The van der Waals surface area contributed by atoms with E-state index in [-0.39, 0.29) is 6.61 Å². The third-order valence-corrected chi connectivity index (χ3v) is 7.76. The molecule has 3 heterocycles. The van der Waals surface area contributed by atoms with E-state index < -0.39 is 0 Å². The van der Waals surface area contributed by atoms with Crippen LogP contribution < -0.4 is 5.73 Å². The van der Waals surface area contributed by atoms with Crippen LogP contribution in [0.15, 0.2) is 70.3 Å². The number of fused-ring (bicyclic) bond motifs is 1. The molecule has 4 aromatic rings. The van der Waals surface area contributed by atoms with Gasteiger partial charge in [-0.2, -0.15) is 0 Å². The van der Waals surface area contributed by atoms with Gasteiger partial charge >= 0.3 is 0 Å². The second-order valence-corrected chi connectivity index (χ2v) is 9.78. The third kappa shape index (κ3) is 6.69. The second kappa shape index (κ2) is 14.1. The smallest absolute Gasteiger partial charge is 0.127 e. The molecule has 3 N–H and O–H groups in total. The number of hydrogen-bond donors (Lipinski definition) is 2. The number of hydrogen-bond acceptors (Lipinski definition) is 6. The zero-order valence-electron chi connectivity index (χ0n) is 19.2. The van der Waals surface area contributed by atoms with Gasteiger partial charge in [-0.05, 0) is 48.9 Å². The molecule has 3 nitrogen and oxygen atoms in total. The minimum atomic E-state index is 0.202. The molecule has 32 heavy (non-hydrogen) atoms.